The maximum Gasteiger partial charge on any atom is 0.141 e. The largest absolute Gasteiger partial charge is 0.488 e. The van der Waals surface area contributed by atoms with Crippen molar-refractivity contribution in [2.75, 3.05) is 0 Å². The van der Waals surface area contributed by atoms with E-state index >= 15 is 0 Å². The molecule has 0 fully saturated rings. The summed E-state index contributed by atoms with van der Waals surface area (Å²) in [7, 11) is 0. The molecule has 0 spiro atoms. The average molecular weight is 280 g/mol. The van der Waals surface area contributed by atoms with Crippen LogP contribution in [0.15, 0.2) is 36.7 Å². The first-order valence-corrected chi connectivity index (χ1v) is 5.81. The van der Waals surface area contributed by atoms with E-state index in [2.05, 4.69) is 4.98 Å². The van der Waals surface area contributed by atoms with Crippen LogP contribution in [0.4, 0.5) is 4.39 Å². The molecule has 0 bridgehead atoms. The predicted molar refractivity (Wildman–Crippen MR) is 71.0 cm³/mol. The molecule has 6 heteroatoms. The van der Waals surface area contributed by atoms with Gasteiger partial charge in [-0.05, 0) is 18.2 Å². The standard InChI is InChI=1S/C13H11ClFN3O/c14-10-2-1-3-11(12(10)13(16)17)19-7-8-4-9(15)6-18-5-8/h1-6H,7H2,(H3,16,17). The lowest BCUT2D eigenvalue weighted by Crippen LogP contribution is -2.14. The van der Waals surface area contributed by atoms with Crippen molar-refractivity contribution < 1.29 is 9.13 Å². The lowest BCUT2D eigenvalue weighted by Gasteiger charge is -2.11. The van der Waals surface area contributed by atoms with Gasteiger partial charge < -0.3 is 10.5 Å². The summed E-state index contributed by atoms with van der Waals surface area (Å²) >= 11 is 5.96. The molecule has 0 saturated heterocycles. The summed E-state index contributed by atoms with van der Waals surface area (Å²) in [5, 5.41) is 7.81. The van der Waals surface area contributed by atoms with E-state index < -0.39 is 5.82 Å². The Kier molecular flexibility index (Phi) is 3.97. The smallest absolute Gasteiger partial charge is 0.141 e. The van der Waals surface area contributed by atoms with Crippen molar-refractivity contribution in [2.45, 2.75) is 6.61 Å². The number of benzene rings is 1. The van der Waals surface area contributed by atoms with Crippen LogP contribution in [0.5, 0.6) is 5.75 Å². The fourth-order valence-corrected chi connectivity index (χ4v) is 1.85. The molecule has 3 N–H and O–H groups in total. The second-order valence-electron chi connectivity index (χ2n) is 3.83. The molecule has 2 aromatic rings. The van der Waals surface area contributed by atoms with Crippen LogP contribution < -0.4 is 10.5 Å². The van der Waals surface area contributed by atoms with Crippen molar-refractivity contribution in [2.24, 2.45) is 5.73 Å². The highest BCUT2D eigenvalue weighted by molar-refractivity contribution is 6.34. The summed E-state index contributed by atoms with van der Waals surface area (Å²) in [6.07, 6.45) is 2.62. The average Bonchev–Trinajstić information content (AvgIpc) is 2.36. The Labute approximate surface area is 114 Å². The molecule has 0 amide bonds. The van der Waals surface area contributed by atoms with E-state index in [1.165, 1.54) is 12.3 Å². The first-order valence-electron chi connectivity index (χ1n) is 5.43. The molecule has 0 unspecified atom stereocenters. The summed E-state index contributed by atoms with van der Waals surface area (Å²) in [5.41, 5.74) is 6.36. The Morgan fingerprint density at radius 2 is 2.21 bits per heavy atom. The van der Waals surface area contributed by atoms with Gasteiger partial charge in [0.05, 0.1) is 16.8 Å². The number of pyridine rings is 1. The Morgan fingerprint density at radius 3 is 2.89 bits per heavy atom. The van der Waals surface area contributed by atoms with Gasteiger partial charge in [0.1, 0.15) is 24.0 Å². The number of hydrogen-bond acceptors (Lipinski definition) is 3. The molecule has 1 heterocycles. The Bertz CT molecular complexity index is 619. The van der Waals surface area contributed by atoms with Gasteiger partial charge in [0.25, 0.3) is 0 Å². The second kappa shape index (κ2) is 5.67. The zero-order chi connectivity index (χ0) is 13.8. The van der Waals surface area contributed by atoms with E-state index in [4.69, 9.17) is 27.5 Å². The van der Waals surface area contributed by atoms with Gasteiger partial charge in [-0.25, -0.2) is 4.39 Å². The molecule has 98 valence electrons. The van der Waals surface area contributed by atoms with Crippen LogP contribution in [0.2, 0.25) is 5.02 Å². The highest BCUT2D eigenvalue weighted by atomic mass is 35.5. The molecule has 0 aliphatic rings. The summed E-state index contributed by atoms with van der Waals surface area (Å²) in [4.78, 5) is 3.72. The molecule has 2 rings (SSSR count). The van der Waals surface area contributed by atoms with Gasteiger partial charge in [-0.3, -0.25) is 10.4 Å². The lowest BCUT2D eigenvalue weighted by atomic mass is 10.2. The Morgan fingerprint density at radius 1 is 1.42 bits per heavy atom. The highest BCUT2D eigenvalue weighted by Gasteiger charge is 2.11. The second-order valence-corrected chi connectivity index (χ2v) is 4.23. The molecule has 0 aliphatic heterocycles. The quantitative estimate of drug-likeness (QED) is 0.668. The number of hydrogen-bond donors (Lipinski definition) is 2. The minimum atomic E-state index is -0.431. The van der Waals surface area contributed by atoms with E-state index in [1.54, 1.807) is 18.2 Å². The van der Waals surface area contributed by atoms with Gasteiger partial charge in [0.15, 0.2) is 0 Å². The SMILES string of the molecule is N=C(N)c1c(Cl)cccc1OCc1cncc(F)c1. The van der Waals surface area contributed by atoms with E-state index in [0.29, 0.717) is 21.9 Å². The van der Waals surface area contributed by atoms with Crippen molar-refractivity contribution >= 4 is 17.4 Å². The van der Waals surface area contributed by atoms with Gasteiger partial charge in [-0.15, -0.1) is 0 Å². The number of ether oxygens (including phenoxy) is 1. The van der Waals surface area contributed by atoms with Crippen LogP contribution in [-0.2, 0) is 6.61 Å². The molecule has 4 nitrogen and oxygen atoms in total. The third-order valence-electron chi connectivity index (χ3n) is 2.40. The number of nitrogens with one attached hydrogen (secondary N) is 1. The predicted octanol–water partition coefficient (Wildman–Crippen LogP) is 2.74. The van der Waals surface area contributed by atoms with Crippen molar-refractivity contribution in [3.63, 3.8) is 0 Å². The van der Waals surface area contributed by atoms with Gasteiger partial charge in [-0.2, -0.15) is 0 Å². The van der Waals surface area contributed by atoms with Crippen molar-refractivity contribution in [3.05, 3.63) is 58.6 Å². The van der Waals surface area contributed by atoms with E-state index in [1.807, 2.05) is 0 Å². The number of amidine groups is 1. The fraction of sp³-hybridized carbons (Fsp3) is 0.0769. The lowest BCUT2D eigenvalue weighted by molar-refractivity contribution is 0.304. The minimum absolute atomic E-state index is 0.116. The molecular formula is C13H11ClFN3O. The van der Waals surface area contributed by atoms with Gasteiger partial charge in [-0.1, -0.05) is 17.7 Å². The summed E-state index contributed by atoms with van der Waals surface area (Å²) in [6, 6.07) is 6.28. The number of nitrogens with two attached hydrogens (primary N) is 1. The minimum Gasteiger partial charge on any atom is -0.488 e. The van der Waals surface area contributed by atoms with E-state index in [0.717, 1.165) is 6.20 Å². The molecule has 1 aromatic carbocycles. The topological polar surface area (TPSA) is 72.0 Å². The molecular weight excluding hydrogens is 269 g/mol. The zero-order valence-electron chi connectivity index (χ0n) is 9.86. The van der Waals surface area contributed by atoms with E-state index in [-0.39, 0.29) is 12.4 Å². The van der Waals surface area contributed by atoms with E-state index in [9.17, 15) is 4.39 Å². The summed E-state index contributed by atoms with van der Waals surface area (Å²) < 4.78 is 18.5. The number of nitrogen functional groups attached to an aromatic ring is 1. The zero-order valence-corrected chi connectivity index (χ0v) is 10.6. The normalized spacial score (nSPS) is 10.2. The first kappa shape index (κ1) is 13.3. The number of nitrogens with zero attached hydrogens (tertiary/aromatic N) is 1. The molecule has 19 heavy (non-hydrogen) atoms. The number of aromatic nitrogens is 1. The maximum atomic E-state index is 13.0. The monoisotopic (exact) mass is 279 g/mol. The third-order valence-corrected chi connectivity index (χ3v) is 2.72. The number of halogens is 2. The van der Waals surface area contributed by atoms with Crippen LogP contribution >= 0.6 is 11.6 Å². The fourth-order valence-electron chi connectivity index (χ4n) is 1.58. The molecule has 0 radical (unpaired) electrons. The molecule has 0 aliphatic carbocycles. The van der Waals surface area contributed by atoms with Crippen LogP contribution in [0.1, 0.15) is 11.1 Å². The molecule has 0 atom stereocenters. The summed E-state index contributed by atoms with van der Waals surface area (Å²) in [5.74, 6) is -0.235. The summed E-state index contributed by atoms with van der Waals surface area (Å²) in [6.45, 7) is 0.116. The van der Waals surface area contributed by atoms with Crippen LogP contribution in [0, 0.1) is 11.2 Å². The molecule has 1 aromatic heterocycles. The van der Waals surface area contributed by atoms with Gasteiger partial charge in [0, 0.05) is 11.8 Å². The van der Waals surface area contributed by atoms with Crippen LogP contribution in [-0.4, -0.2) is 10.8 Å². The maximum absolute atomic E-state index is 13.0. The van der Waals surface area contributed by atoms with Crippen molar-refractivity contribution in [3.8, 4) is 5.75 Å². The van der Waals surface area contributed by atoms with Crippen molar-refractivity contribution in [1.82, 2.24) is 4.98 Å². The van der Waals surface area contributed by atoms with Crippen molar-refractivity contribution in [1.29, 1.82) is 5.41 Å². The molecule has 0 saturated carbocycles. The van der Waals surface area contributed by atoms with Gasteiger partial charge >= 0.3 is 0 Å². The Balaban J connectivity index is 2.20. The Hall–Kier alpha value is -2.14. The number of rotatable bonds is 4. The van der Waals surface area contributed by atoms with Gasteiger partial charge in [0.2, 0.25) is 0 Å². The third kappa shape index (κ3) is 3.20. The highest BCUT2D eigenvalue weighted by Crippen LogP contribution is 2.26. The van der Waals surface area contributed by atoms with Crippen LogP contribution in [0.3, 0.4) is 0 Å². The van der Waals surface area contributed by atoms with Crippen LogP contribution in [0.25, 0.3) is 0 Å². The first-order chi connectivity index (χ1) is 9.08.